The molecule has 0 saturated heterocycles. The lowest BCUT2D eigenvalue weighted by Gasteiger charge is -2.22. The van der Waals surface area contributed by atoms with E-state index in [9.17, 15) is 5.11 Å². The quantitative estimate of drug-likeness (QED) is 0.720. The molecule has 1 N–H and O–H groups in total. The van der Waals surface area contributed by atoms with Gasteiger partial charge in [-0.2, -0.15) is 0 Å². The van der Waals surface area contributed by atoms with E-state index in [-0.39, 0.29) is 0 Å². The summed E-state index contributed by atoms with van der Waals surface area (Å²) in [6, 6.07) is 11.0. The predicted octanol–water partition coefficient (Wildman–Crippen LogP) is 3.84. The minimum atomic E-state index is -0.870. The van der Waals surface area contributed by atoms with E-state index in [1.54, 1.807) is 40.6 Å². The number of halogens is 1. The molecule has 130 valence electrons. The Hall–Kier alpha value is -1.60. The van der Waals surface area contributed by atoms with Crippen molar-refractivity contribution in [2.24, 2.45) is 0 Å². The lowest BCUT2D eigenvalue weighted by atomic mass is 9.96. The van der Waals surface area contributed by atoms with E-state index in [4.69, 9.17) is 18.9 Å². The van der Waals surface area contributed by atoms with Gasteiger partial charge in [0.2, 0.25) is 0 Å². The standard InChI is InChI=1S/C18H21BrO5/c1-21-15-10-11(9-14(19)17(15)22-2)16(20)12-7-5-6-8-13(12)18(23-3)24-4/h5-10,16,18,20H,1-4H3. The van der Waals surface area contributed by atoms with Crippen molar-refractivity contribution >= 4 is 15.9 Å². The molecule has 2 aromatic carbocycles. The first-order chi connectivity index (χ1) is 11.6. The highest BCUT2D eigenvalue weighted by atomic mass is 79.9. The maximum absolute atomic E-state index is 10.9. The van der Waals surface area contributed by atoms with Crippen LogP contribution in [0.5, 0.6) is 11.5 Å². The van der Waals surface area contributed by atoms with Gasteiger partial charge in [-0.3, -0.25) is 0 Å². The summed E-state index contributed by atoms with van der Waals surface area (Å²) < 4.78 is 22.0. The molecule has 1 unspecified atom stereocenters. The monoisotopic (exact) mass is 396 g/mol. The fourth-order valence-electron chi connectivity index (χ4n) is 2.60. The van der Waals surface area contributed by atoms with Gasteiger partial charge in [0.05, 0.1) is 18.7 Å². The Balaban J connectivity index is 2.50. The molecule has 1 atom stereocenters. The van der Waals surface area contributed by atoms with E-state index in [1.807, 2.05) is 24.3 Å². The largest absolute Gasteiger partial charge is 0.493 e. The Morgan fingerprint density at radius 2 is 1.54 bits per heavy atom. The molecule has 0 saturated carbocycles. The van der Waals surface area contributed by atoms with E-state index < -0.39 is 12.4 Å². The number of hydrogen-bond acceptors (Lipinski definition) is 5. The number of benzene rings is 2. The van der Waals surface area contributed by atoms with Crippen molar-refractivity contribution in [3.05, 3.63) is 57.6 Å². The first-order valence-corrected chi connectivity index (χ1v) is 8.10. The van der Waals surface area contributed by atoms with Crippen LogP contribution in [0, 0.1) is 0 Å². The van der Waals surface area contributed by atoms with Crippen LogP contribution in [-0.4, -0.2) is 33.5 Å². The van der Waals surface area contributed by atoms with Crippen LogP contribution in [0.15, 0.2) is 40.9 Å². The lowest BCUT2D eigenvalue weighted by molar-refractivity contribution is -0.107. The summed E-state index contributed by atoms with van der Waals surface area (Å²) in [5.41, 5.74) is 2.13. The molecule has 0 aliphatic heterocycles. The van der Waals surface area contributed by atoms with Crippen molar-refractivity contribution in [3.8, 4) is 11.5 Å². The van der Waals surface area contributed by atoms with Crippen LogP contribution in [-0.2, 0) is 9.47 Å². The van der Waals surface area contributed by atoms with E-state index in [0.29, 0.717) is 27.1 Å². The molecule has 24 heavy (non-hydrogen) atoms. The molecule has 0 amide bonds. The van der Waals surface area contributed by atoms with Gasteiger partial charge in [-0.25, -0.2) is 0 Å². The van der Waals surface area contributed by atoms with Gasteiger partial charge in [0, 0.05) is 19.8 Å². The average Bonchev–Trinajstić information content (AvgIpc) is 2.61. The normalized spacial score (nSPS) is 12.3. The van der Waals surface area contributed by atoms with Crippen LogP contribution in [0.25, 0.3) is 0 Å². The van der Waals surface area contributed by atoms with Gasteiger partial charge < -0.3 is 24.1 Å². The lowest BCUT2D eigenvalue weighted by Crippen LogP contribution is -2.11. The van der Waals surface area contributed by atoms with Crippen LogP contribution >= 0.6 is 15.9 Å². The fraction of sp³-hybridized carbons (Fsp3) is 0.333. The number of hydrogen-bond donors (Lipinski definition) is 1. The summed E-state index contributed by atoms with van der Waals surface area (Å²) in [5.74, 6) is 1.11. The second kappa shape index (κ2) is 8.48. The van der Waals surface area contributed by atoms with Gasteiger partial charge in [-0.05, 0) is 39.2 Å². The highest BCUT2D eigenvalue weighted by molar-refractivity contribution is 9.10. The maximum Gasteiger partial charge on any atom is 0.183 e. The third-order valence-corrected chi connectivity index (χ3v) is 4.33. The zero-order chi connectivity index (χ0) is 17.7. The molecule has 0 fully saturated rings. The summed E-state index contributed by atoms with van der Waals surface area (Å²) in [7, 11) is 6.24. The Kier molecular flexibility index (Phi) is 6.62. The van der Waals surface area contributed by atoms with Crippen LogP contribution in [0.1, 0.15) is 29.1 Å². The summed E-state index contributed by atoms with van der Waals surface area (Å²) >= 11 is 3.45. The molecule has 0 aliphatic carbocycles. The Labute approximate surface area is 150 Å². The van der Waals surface area contributed by atoms with Crippen molar-refractivity contribution in [1.29, 1.82) is 0 Å². The Morgan fingerprint density at radius 1 is 0.917 bits per heavy atom. The zero-order valence-electron chi connectivity index (χ0n) is 14.1. The summed E-state index contributed by atoms with van der Waals surface area (Å²) in [6.07, 6.45) is -1.43. The molecule has 5 nitrogen and oxygen atoms in total. The van der Waals surface area contributed by atoms with Crippen molar-refractivity contribution in [2.75, 3.05) is 28.4 Å². The topological polar surface area (TPSA) is 57.2 Å². The molecular weight excluding hydrogens is 376 g/mol. The molecule has 0 aromatic heterocycles. The van der Waals surface area contributed by atoms with E-state index in [0.717, 1.165) is 5.56 Å². The predicted molar refractivity (Wildman–Crippen MR) is 94.5 cm³/mol. The number of rotatable bonds is 7. The van der Waals surface area contributed by atoms with Gasteiger partial charge in [0.15, 0.2) is 17.8 Å². The third kappa shape index (κ3) is 3.72. The highest BCUT2D eigenvalue weighted by Crippen LogP contribution is 2.40. The van der Waals surface area contributed by atoms with Crippen molar-refractivity contribution in [1.82, 2.24) is 0 Å². The Morgan fingerprint density at radius 3 is 2.08 bits per heavy atom. The van der Waals surface area contributed by atoms with Crippen molar-refractivity contribution in [3.63, 3.8) is 0 Å². The second-order valence-electron chi connectivity index (χ2n) is 5.07. The zero-order valence-corrected chi connectivity index (χ0v) is 15.7. The van der Waals surface area contributed by atoms with Gasteiger partial charge in [-0.15, -0.1) is 0 Å². The molecule has 0 bridgehead atoms. The smallest absolute Gasteiger partial charge is 0.183 e. The molecule has 0 radical (unpaired) electrons. The molecule has 2 aromatic rings. The van der Waals surface area contributed by atoms with E-state index >= 15 is 0 Å². The average molecular weight is 397 g/mol. The highest BCUT2D eigenvalue weighted by Gasteiger charge is 2.22. The first-order valence-electron chi connectivity index (χ1n) is 7.31. The number of ether oxygens (including phenoxy) is 4. The van der Waals surface area contributed by atoms with Crippen molar-refractivity contribution < 1.29 is 24.1 Å². The summed E-state index contributed by atoms with van der Waals surface area (Å²) in [6.45, 7) is 0. The number of aliphatic hydroxyl groups is 1. The molecule has 0 aliphatic rings. The van der Waals surface area contributed by atoms with Crippen LogP contribution in [0.2, 0.25) is 0 Å². The molecular formula is C18H21BrO5. The molecule has 0 spiro atoms. The maximum atomic E-state index is 10.9. The Bertz CT molecular complexity index is 685. The van der Waals surface area contributed by atoms with E-state index in [2.05, 4.69) is 15.9 Å². The first kappa shape index (κ1) is 18.7. The third-order valence-electron chi connectivity index (χ3n) is 3.74. The van der Waals surface area contributed by atoms with E-state index in [1.165, 1.54) is 0 Å². The van der Waals surface area contributed by atoms with Gasteiger partial charge >= 0.3 is 0 Å². The fourth-order valence-corrected chi connectivity index (χ4v) is 3.22. The minimum absolute atomic E-state index is 0.536. The number of aliphatic hydroxyl groups excluding tert-OH is 1. The van der Waals surface area contributed by atoms with Gasteiger partial charge in [-0.1, -0.05) is 24.3 Å². The number of methoxy groups -OCH3 is 4. The van der Waals surface area contributed by atoms with Crippen LogP contribution < -0.4 is 9.47 Å². The van der Waals surface area contributed by atoms with Gasteiger partial charge in [0.25, 0.3) is 0 Å². The van der Waals surface area contributed by atoms with Gasteiger partial charge in [0.1, 0.15) is 6.10 Å². The minimum Gasteiger partial charge on any atom is -0.493 e. The van der Waals surface area contributed by atoms with Crippen molar-refractivity contribution in [2.45, 2.75) is 12.4 Å². The molecule has 0 heterocycles. The molecule has 2 rings (SSSR count). The summed E-state index contributed by atoms with van der Waals surface area (Å²) in [5, 5.41) is 10.9. The van der Waals surface area contributed by atoms with Crippen LogP contribution in [0.4, 0.5) is 0 Å². The summed E-state index contributed by atoms with van der Waals surface area (Å²) in [4.78, 5) is 0. The van der Waals surface area contributed by atoms with Crippen LogP contribution in [0.3, 0.4) is 0 Å². The second-order valence-corrected chi connectivity index (χ2v) is 5.93. The molecule has 6 heteroatoms. The SMILES string of the molecule is COc1cc(C(O)c2ccccc2C(OC)OC)cc(Br)c1OC.